The molecule has 2 aliphatic rings. The van der Waals surface area contributed by atoms with Crippen LogP contribution in [-0.2, 0) is 9.59 Å². The minimum atomic E-state index is -0.920. The van der Waals surface area contributed by atoms with Gasteiger partial charge >= 0.3 is 5.97 Å². The van der Waals surface area contributed by atoms with Gasteiger partial charge in [0.1, 0.15) is 6.61 Å². The third-order valence-electron chi connectivity index (χ3n) is 5.03. The average molecular weight is 388 g/mol. The first-order valence-electron chi connectivity index (χ1n) is 8.68. The summed E-state index contributed by atoms with van der Waals surface area (Å²) in [5.41, 5.74) is 0.855. The number of para-hydroxylation sites is 2. The van der Waals surface area contributed by atoms with Crippen LogP contribution in [0.25, 0.3) is 0 Å². The van der Waals surface area contributed by atoms with Crippen LogP contribution in [0.5, 0.6) is 11.5 Å². The normalized spacial score (nSPS) is 23.9. The van der Waals surface area contributed by atoms with Crippen LogP contribution in [0.15, 0.2) is 48.5 Å². The fourth-order valence-electron chi connectivity index (χ4n) is 3.63. The van der Waals surface area contributed by atoms with Crippen LogP contribution in [0.1, 0.15) is 11.5 Å². The molecule has 2 aromatic carbocycles. The zero-order valence-electron chi connectivity index (χ0n) is 14.4. The number of hydrogen-bond donors (Lipinski definition) is 1. The number of hydrogen-bond acceptors (Lipinski definition) is 4. The predicted molar refractivity (Wildman–Crippen MR) is 98.3 cm³/mol. The van der Waals surface area contributed by atoms with Gasteiger partial charge in [0, 0.05) is 24.0 Å². The molecule has 0 saturated carbocycles. The number of ether oxygens (including phenoxy) is 2. The number of carboxylic acid groups (broad SMARTS) is 1. The van der Waals surface area contributed by atoms with Gasteiger partial charge in [-0.1, -0.05) is 35.9 Å². The molecule has 1 fully saturated rings. The van der Waals surface area contributed by atoms with Gasteiger partial charge in [0.15, 0.2) is 11.5 Å². The minimum Gasteiger partial charge on any atom is -0.485 e. The maximum atomic E-state index is 12.9. The summed E-state index contributed by atoms with van der Waals surface area (Å²) in [5, 5.41) is 10.2. The lowest BCUT2D eigenvalue weighted by molar-refractivity contribution is -0.143. The molecule has 1 saturated heterocycles. The van der Waals surface area contributed by atoms with Crippen LogP contribution in [-0.4, -0.2) is 47.7 Å². The van der Waals surface area contributed by atoms with Gasteiger partial charge in [0.05, 0.1) is 5.92 Å². The summed E-state index contributed by atoms with van der Waals surface area (Å²) in [7, 11) is 0. The Morgan fingerprint density at radius 3 is 2.44 bits per heavy atom. The first-order valence-corrected chi connectivity index (χ1v) is 9.06. The number of carbonyl (C=O) groups is 2. The zero-order chi connectivity index (χ0) is 19.0. The topological polar surface area (TPSA) is 76.1 Å². The minimum absolute atomic E-state index is 0.107. The van der Waals surface area contributed by atoms with Gasteiger partial charge in [-0.2, -0.15) is 0 Å². The van der Waals surface area contributed by atoms with Gasteiger partial charge in [0.2, 0.25) is 6.10 Å². The molecule has 6 nitrogen and oxygen atoms in total. The molecule has 27 heavy (non-hydrogen) atoms. The van der Waals surface area contributed by atoms with E-state index in [1.807, 2.05) is 24.3 Å². The molecular formula is C20H18ClNO5. The zero-order valence-corrected chi connectivity index (χ0v) is 15.1. The third kappa shape index (κ3) is 3.45. The quantitative estimate of drug-likeness (QED) is 0.876. The first-order chi connectivity index (χ1) is 13.0. The number of carboxylic acids is 1. The highest BCUT2D eigenvalue weighted by Crippen LogP contribution is 2.36. The lowest BCUT2D eigenvalue weighted by Gasteiger charge is -2.28. The van der Waals surface area contributed by atoms with Crippen molar-refractivity contribution < 1.29 is 24.2 Å². The Morgan fingerprint density at radius 1 is 1.04 bits per heavy atom. The molecule has 2 heterocycles. The van der Waals surface area contributed by atoms with Crippen molar-refractivity contribution in [3.05, 3.63) is 59.1 Å². The van der Waals surface area contributed by atoms with E-state index < -0.39 is 18.0 Å². The molecule has 1 unspecified atom stereocenters. The third-order valence-corrected chi connectivity index (χ3v) is 5.28. The second-order valence-corrected chi connectivity index (χ2v) is 7.15. The Kier molecular flexibility index (Phi) is 4.66. The van der Waals surface area contributed by atoms with Crippen LogP contribution < -0.4 is 9.47 Å². The maximum absolute atomic E-state index is 12.9. The van der Waals surface area contributed by atoms with E-state index in [4.69, 9.17) is 21.1 Å². The molecule has 140 valence electrons. The Balaban J connectivity index is 1.52. The fourth-order valence-corrected chi connectivity index (χ4v) is 3.75. The smallest absolute Gasteiger partial charge is 0.308 e. The summed E-state index contributed by atoms with van der Waals surface area (Å²) in [6, 6.07) is 14.3. The van der Waals surface area contributed by atoms with Crippen molar-refractivity contribution in [3.63, 3.8) is 0 Å². The number of rotatable bonds is 3. The van der Waals surface area contributed by atoms with Crippen LogP contribution in [0.2, 0.25) is 5.02 Å². The Labute approximate surface area is 161 Å². The van der Waals surface area contributed by atoms with Crippen molar-refractivity contribution in [2.75, 3.05) is 19.7 Å². The monoisotopic (exact) mass is 387 g/mol. The molecule has 0 aliphatic carbocycles. The molecule has 2 aliphatic heterocycles. The summed E-state index contributed by atoms with van der Waals surface area (Å²) in [5.74, 6) is -1.02. The predicted octanol–water partition coefficient (Wildman–Crippen LogP) is 2.81. The van der Waals surface area contributed by atoms with Crippen LogP contribution in [0, 0.1) is 5.92 Å². The average Bonchev–Trinajstić information content (AvgIpc) is 3.13. The molecule has 3 atom stereocenters. The van der Waals surface area contributed by atoms with Crippen LogP contribution in [0.3, 0.4) is 0 Å². The van der Waals surface area contributed by atoms with Gasteiger partial charge in [-0.05, 0) is 29.8 Å². The van der Waals surface area contributed by atoms with Crippen LogP contribution >= 0.6 is 11.6 Å². The van der Waals surface area contributed by atoms with Crippen molar-refractivity contribution in [1.82, 2.24) is 4.90 Å². The van der Waals surface area contributed by atoms with Gasteiger partial charge < -0.3 is 19.5 Å². The van der Waals surface area contributed by atoms with Gasteiger partial charge in [-0.15, -0.1) is 0 Å². The van der Waals surface area contributed by atoms with Gasteiger partial charge in [-0.25, -0.2) is 0 Å². The summed E-state index contributed by atoms with van der Waals surface area (Å²) in [4.78, 5) is 26.2. The number of amides is 1. The Hall–Kier alpha value is -2.73. The molecule has 0 spiro atoms. The van der Waals surface area contributed by atoms with Crippen molar-refractivity contribution in [2.45, 2.75) is 12.0 Å². The summed E-state index contributed by atoms with van der Waals surface area (Å²) < 4.78 is 11.4. The van der Waals surface area contributed by atoms with E-state index in [1.54, 1.807) is 29.2 Å². The molecular weight excluding hydrogens is 370 g/mol. The molecule has 1 N–H and O–H groups in total. The Morgan fingerprint density at radius 2 is 1.74 bits per heavy atom. The molecule has 2 aromatic rings. The van der Waals surface area contributed by atoms with Gasteiger partial charge in [0.25, 0.3) is 5.91 Å². The first kappa shape index (κ1) is 17.7. The Bertz CT molecular complexity index is 869. The number of benzene rings is 2. The summed E-state index contributed by atoms with van der Waals surface area (Å²) in [6.45, 7) is 0.567. The van der Waals surface area contributed by atoms with Crippen molar-refractivity contribution in [2.24, 2.45) is 5.92 Å². The fraction of sp³-hybridized carbons (Fsp3) is 0.300. The van der Waals surface area contributed by atoms with E-state index in [0.717, 1.165) is 5.56 Å². The molecule has 4 rings (SSSR count). The van der Waals surface area contributed by atoms with Gasteiger partial charge in [-0.3, -0.25) is 9.59 Å². The molecule has 0 radical (unpaired) electrons. The summed E-state index contributed by atoms with van der Waals surface area (Å²) in [6.07, 6.45) is -0.779. The number of carbonyl (C=O) groups excluding carboxylic acids is 1. The second kappa shape index (κ2) is 7.12. The highest BCUT2D eigenvalue weighted by molar-refractivity contribution is 6.30. The molecule has 7 heteroatoms. The van der Waals surface area contributed by atoms with E-state index in [1.165, 1.54) is 0 Å². The van der Waals surface area contributed by atoms with E-state index in [0.29, 0.717) is 23.1 Å². The highest BCUT2D eigenvalue weighted by Gasteiger charge is 2.43. The van der Waals surface area contributed by atoms with Crippen molar-refractivity contribution in [3.8, 4) is 11.5 Å². The second-order valence-electron chi connectivity index (χ2n) is 6.71. The van der Waals surface area contributed by atoms with E-state index in [9.17, 15) is 14.7 Å². The number of halogens is 1. The van der Waals surface area contributed by atoms with Crippen molar-refractivity contribution in [1.29, 1.82) is 0 Å². The number of nitrogens with zero attached hydrogens (tertiary/aromatic N) is 1. The van der Waals surface area contributed by atoms with Crippen molar-refractivity contribution >= 4 is 23.5 Å². The number of fused-ring (bicyclic) bond motifs is 1. The van der Waals surface area contributed by atoms with E-state index in [2.05, 4.69) is 0 Å². The number of likely N-dealkylation sites (tertiary alicyclic amines) is 1. The highest BCUT2D eigenvalue weighted by atomic mass is 35.5. The standard InChI is InChI=1S/C20H18ClNO5/c21-13-7-5-12(6-8-13)14-9-22(10-15(14)20(24)25)19(23)18-11-26-16-3-1-2-4-17(16)27-18/h1-8,14-15,18H,9-11H2,(H,24,25)/t14-,15+,18?/m0/s1. The number of aliphatic carboxylic acids is 1. The molecule has 0 bridgehead atoms. The SMILES string of the molecule is O=C(O)[C@@H]1CN(C(=O)C2COc3ccccc3O2)C[C@H]1c1ccc(Cl)cc1. The summed E-state index contributed by atoms with van der Waals surface area (Å²) >= 11 is 5.93. The largest absolute Gasteiger partial charge is 0.485 e. The molecule has 1 amide bonds. The van der Waals surface area contributed by atoms with Crippen LogP contribution in [0.4, 0.5) is 0 Å². The molecule has 0 aromatic heterocycles. The maximum Gasteiger partial charge on any atom is 0.308 e. The van der Waals surface area contributed by atoms with E-state index >= 15 is 0 Å². The lowest BCUT2D eigenvalue weighted by Crippen LogP contribution is -2.45. The van der Waals surface area contributed by atoms with E-state index in [-0.39, 0.29) is 25.0 Å². The lowest BCUT2D eigenvalue weighted by atomic mass is 9.89.